The second-order valence-corrected chi connectivity index (χ2v) is 2.59. The number of nitrogens with two attached hydrogens (primary N) is 1. The smallest absolute Gasteiger partial charge is 0.0866 e. The quantitative estimate of drug-likeness (QED) is 0.691. The van der Waals surface area contributed by atoms with Crippen molar-refractivity contribution in [3.63, 3.8) is 0 Å². The van der Waals surface area contributed by atoms with E-state index in [0.29, 0.717) is 6.61 Å². The molecular weight excluding hydrogens is 150 g/mol. The zero-order valence-electron chi connectivity index (χ0n) is 7.16. The molecule has 12 heavy (non-hydrogen) atoms. The molecule has 0 unspecified atom stereocenters. The minimum Gasteiger partial charge on any atom is -0.300 e. The van der Waals surface area contributed by atoms with Gasteiger partial charge in [-0.05, 0) is 18.1 Å². The molecule has 0 radical (unpaired) electrons. The Morgan fingerprint density at radius 3 is 2.67 bits per heavy atom. The van der Waals surface area contributed by atoms with Crippen molar-refractivity contribution in [3.05, 3.63) is 42.0 Å². The fourth-order valence-electron chi connectivity index (χ4n) is 0.992. The minimum absolute atomic E-state index is 0.459. The van der Waals surface area contributed by atoms with E-state index in [0.717, 1.165) is 0 Å². The fraction of sp³-hybridized carbons (Fsp3) is 0.200. The minimum atomic E-state index is 0.459. The molecule has 0 aliphatic heterocycles. The molecule has 0 aliphatic carbocycles. The van der Waals surface area contributed by atoms with Crippen LogP contribution in [-0.4, -0.2) is 6.61 Å². The van der Waals surface area contributed by atoms with Gasteiger partial charge in [-0.2, -0.15) is 0 Å². The third kappa shape index (κ3) is 2.49. The van der Waals surface area contributed by atoms with Gasteiger partial charge in [-0.25, -0.2) is 5.90 Å². The molecular formula is C10H13NO. The zero-order valence-corrected chi connectivity index (χ0v) is 7.16. The summed E-state index contributed by atoms with van der Waals surface area (Å²) in [5.41, 5.74) is 2.38. The lowest BCUT2D eigenvalue weighted by Gasteiger charge is -1.99. The summed E-state index contributed by atoms with van der Waals surface area (Å²) in [5, 5.41) is 0. The van der Waals surface area contributed by atoms with Crippen molar-refractivity contribution in [2.75, 3.05) is 6.61 Å². The first kappa shape index (κ1) is 8.97. The van der Waals surface area contributed by atoms with Crippen LogP contribution in [0.3, 0.4) is 0 Å². The molecule has 2 nitrogen and oxygen atoms in total. The largest absolute Gasteiger partial charge is 0.300 e. The van der Waals surface area contributed by atoms with Crippen LogP contribution in [0.1, 0.15) is 12.5 Å². The molecule has 1 aromatic rings. The third-order valence-electron chi connectivity index (χ3n) is 1.71. The van der Waals surface area contributed by atoms with Crippen LogP contribution >= 0.6 is 0 Å². The van der Waals surface area contributed by atoms with E-state index in [1.807, 2.05) is 31.2 Å². The number of benzene rings is 1. The Labute approximate surface area is 72.6 Å². The molecule has 64 valence electrons. The molecule has 0 spiro atoms. The van der Waals surface area contributed by atoms with Gasteiger partial charge >= 0.3 is 0 Å². The van der Waals surface area contributed by atoms with Gasteiger partial charge in [0.15, 0.2) is 0 Å². The maximum Gasteiger partial charge on any atom is 0.0866 e. The molecule has 0 fully saturated rings. The first-order valence-electron chi connectivity index (χ1n) is 3.88. The Balaban J connectivity index is 2.71. The monoisotopic (exact) mass is 163 g/mol. The van der Waals surface area contributed by atoms with Gasteiger partial charge in [0.1, 0.15) is 0 Å². The Morgan fingerprint density at radius 2 is 2.08 bits per heavy atom. The van der Waals surface area contributed by atoms with Gasteiger partial charge in [0.2, 0.25) is 0 Å². The van der Waals surface area contributed by atoms with E-state index in [4.69, 9.17) is 5.90 Å². The van der Waals surface area contributed by atoms with Crippen molar-refractivity contribution in [2.45, 2.75) is 6.92 Å². The highest BCUT2D eigenvalue weighted by Crippen LogP contribution is 2.11. The number of rotatable bonds is 3. The highest BCUT2D eigenvalue weighted by molar-refractivity contribution is 5.63. The van der Waals surface area contributed by atoms with Crippen LogP contribution in [-0.2, 0) is 4.84 Å². The summed E-state index contributed by atoms with van der Waals surface area (Å²) in [4.78, 5) is 4.46. The van der Waals surface area contributed by atoms with Gasteiger partial charge in [0.05, 0.1) is 6.61 Å². The predicted octanol–water partition coefficient (Wildman–Crippen LogP) is 1.98. The Morgan fingerprint density at radius 1 is 1.42 bits per heavy atom. The predicted molar refractivity (Wildman–Crippen MR) is 50.2 cm³/mol. The van der Waals surface area contributed by atoms with E-state index >= 15 is 0 Å². The molecule has 0 saturated carbocycles. The van der Waals surface area contributed by atoms with Crippen molar-refractivity contribution in [1.82, 2.24) is 0 Å². The standard InChI is InChI=1S/C10H13NO/c1-9(7-8-12-11)10-5-3-2-4-6-10/h2-7H,8,11H2,1H3/b9-7+. The first-order chi connectivity index (χ1) is 5.84. The normalized spacial score (nSPS) is 11.7. The lowest BCUT2D eigenvalue weighted by atomic mass is 10.1. The molecule has 0 atom stereocenters. The number of allylic oxidation sites excluding steroid dienone is 1. The van der Waals surface area contributed by atoms with Gasteiger partial charge in [0, 0.05) is 0 Å². The SMILES string of the molecule is C/C(=C\CON)c1ccccc1. The average molecular weight is 163 g/mol. The molecule has 0 aliphatic rings. The maximum atomic E-state index is 4.91. The van der Waals surface area contributed by atoms with E-state index in [1.165, 1.54) is 11.1 Å². The van der Waals surface area contributed by atoms with Gasteiger partial charge in [-0.15, -0.1) is 0 Å². The highest BCUT2D eigenvalue weighted by atomic mass is 16.6. The molecule has 1 aromatic carbocycles. The topological polar surface area (TPSA) is 35.2 Å². The molecule has 2 heteroatoms. The van der Waals surface area contributed by atoms with Gasteiger partial charge in [-0.3, -0.25) is 0 Å². The van der Waals surface area contributed by atoms with Crippen LogP contribution in [0.2, 0.25) is 0 Å². The van der Waals surface area contributed by atoms with Crippen molar-refractivity contribution >= 4 is 5.57 Å². The van der Waals surface area contributed by atoms with Crippen molar-refractivity contribution in [2.24, 2.45) is 5.90 Å². The average Bonchev–Trinajstić information content (AvgIpc) is 2.15. The Kier molecular flexibility index (Phi) is 3.51. The van der Waals surface area contributed by atoms with Gasteiger partial charge in [-0.1, -0.05) is 36.4 Å². The summed E-state index contributed by atoms with van der Waals surface area (Å²) in [6.07, 6.45) is 1.95. The lowest BCUT2D eigenvalue weighted by Crippen LogP contribution is -1.97. The fourth-order valence-corrected chi connectivity index (χ4v) is 0.992. The Bertz CT molecular complexity index is 254. The molecule has 0 heterocycles. The highest BCUT2D eigenvalue weighted by Gasteiger charge is 1.91. The summed E-state index contributed by atoms with van der Waals surface area (Å²) in [7, 11) is 0. The second-order valence-electron chi connectivity index (χ2n) is 2.59. The summed E-state index contributed by atoms with van der Waals surface area (Å²) < 4.78 is 0. The van der Waals surface area contributed by atoms with Crippen LogP contribution in [0.15, 0.2) is 36.4 Å². The van der Waals surface area contributed by atoms with Crippen molar-refractivity contribution < 1.29 is 4.84 Å². The second kappa shape index (κ2) is 4.70. The molecule has 0 amide bonds. The van der Waals surface area contributed by atoms with Gasteiger partial charge < -0.3 is 4.84 Å². The van der Waals surface area contributed by atoms with Crippen LogP contribution in [0, 0.1) is 0 Å². The van der Waals surface area contributed by atoms with Crippen molar-refractivity contribution in [1.29, 1.82) is 0 Å². The van der Waals surface area contributed by atoms with E-state index in [2.05, 4.69) is 17.0 Å². The van der Waals surface area contributed by atoms with Crippen LogP contribution in [0.4, 0.5) is 0 Å². The molecule has 0 bridgehead atoms. The van der Waals surface area contributed by atoms with Crippen molar-refractivity contribution in [3.8, 4) is 0 Å². The summed E-state index contributed by atoms with van der Waals surface area (Å²) >= 11 is 0. The van der Waals surface area contributed by atoms with Crippen LogP contribution in [0.5, 0.6) is 0 Å². The number of hydrogen-bond acceptors (Lipinski definition) is 2. The lowest BCUT2D eigenvalue weighted by molar-refractivity contribution is 0.168. The van der Waals surface area contributed by atoms with Crippen LogP contribution in [0.25, 0.3) is 5.57 Å². The molecule has 0 saturated heterocycles. The van der Waals surface area contributed by atoms with E-state index in [1.54, 1.807) is 0 Å². The maximum absolute atomic E-state index is 4.91. The Hall–Kier alpha value is -1.12. The van der Waals surface area contributed by atoms with E-state index < -0.39 is 0 Å². The molecule has 1 rings (SSSR count). The van der Waals surface area contributed by atoms with E-state index in [9.17, 15) is 0 Å². The zero-order chi connectivity index (χ0) is 8.81. The molecule has 2 N–H and O–H groups in total. The summed E-state index contributed by atoms with van der Waals surface area (Å²) in [5.74, 6) is 4.91. The molecule has 0 aromatic heterocycles. The van der Waals surface area contributed by atoms with E-state index in [-0.39, 0.29) is 0 Å². The van der Waals surface area contributed by atoms with Crippen LogP contribution < -0.4 is 5.90 Å². The summed E-state index contributed by atoms with van der Waals surface area (Å²) in [6, 6.07) is 10.1. The summed E-state index contributed by atoms with van der Waals surface area (Å²) in [6.45, 7) is 2.50. The first-order valence-corrected chi connectivity index (χ1v) is 3.88. The van der Waals surface area contributed by atoms with Gasteiger partial charge in [0.25, 0.3) is 0 Å². The third-order valence-corrected chi connectivity index (χ3v) is 1.71. The number of hydrogen-bond donors (Lipinski definition) is 1.